The first kappa shape index (κ1) is 15.1. The molecule has 0 aliphatic rings. The molecule has 0 bridgehead atoms. The number of nitrogen functional groups attached to an aromatic ring is 1. The van der Waals surface area contributed by atoms with Crippen molar-refractivity contribution in [1.82, 2.24) is 9.78 Å². The molecule has 0 unspecified atom stereocenters. The molecule has 5 heteroatoms. The fourth-order valence-electron chi connectivity index (χ4n) is 2.21. The molecule has 1 aromatic carbocycles. The molecule has 0 radical (unpaired) electrons. The van der Waals surface area contributed by atoms with E-state index in [4.69, 9.17) is 10.5 Å². The van der Waals surface area contributed by atoms with Gasteiger partial charge in [-0.15, -0.1) is 0 Å². The molecule has 112 valence electrons. The van der Waals surface area contributed by atoms with E-state index in [9.17, 15) is 4.79 Å². The van der Waals surface area contributed by atoms with E-state index in [1.54, 1.807) is 18.5 Å². The largest absolute Gasteiger partial charge is 0.461 e. The number of ether oxygens (including phenoxy) is 1. The van der Waals surface area contributed by atoms with Crippen LogP contribution in [0.2, 0.25) is 0 Å². The Morgan fingerprint density at radius 2 is 2.05 bits per heavy atom. The van der Waals surface area contributed by atoms with Crippen LogP contribution in [-0.2, 0) is 17.7 Å². The van der Waals surface area contributed by atoms with Gasteiger partial charge in [-0.05, 0) is 32.3 Å². The van der Waals surface area contributed by atoms with Crippen LogP contribution >= 0.6 is 0 Å². The van der Waals surface area contributed by atoms with Crippen LogP contribution in [0.1, 0.15) is 35.0 Å². The first-order chi connectivity index (χ1) is 10.1. The van der Waals surface area contributed by atoms with Crippen LogP contribution in [-0.4, -0.2) is 22.4 Å². The van der Waals surface area contributed by atoms with Crippen LogP contribution in [0.5, 0.6) is 0 Å². The van der Waals surface area contributed by atoms with Crippen molar-refractivity contribution in [2.45, 2.75) is 33.2 Å². The van der Waals surface area contributed by atoms with Crippen molar-refractivity contribution < 1.29 is 9.53 Å². The normalized spacial score (nSPS) is 10.6. The fraction of sp³-hybridized carbons (Fsp3) is 0.375. The lowest BCUT2D eigenvalue weighted by atomic mass is 10.1. The van der Waals surface area contributed by atoms with Crippen molar-refractivity contribution in [3.05, 3.63) is 47.2 Å². The Kier molecular flexibility index (Phi) is 4.98. The van der Waals surface area contributed by atoms with E-state index < -0.39 is 5.97 Å². The Morgan fingerprint density at radius 3 is 2.71 bits per heavy atom. The van der Waals surface area contributed by atoms with Gasteiger partial charge in [0.1, 0.15) is 5.82 Å². The van der Waals surface area contributed by atoms with Crippen molar-refractivity contribution >= 4 is 11.8 Å². The second kappa shape index (κ2) is 6.92. The molecule has 2 aromatic rings. The lowest BCUT2D eigenvalue weighted by Crippen LogP contribution is -2.09. The summed E-state index contributed by atoms with van der Waals surface area (Å²) < 4.78 is 6.67. The second-order valence-corrected chi connectivity index (χ2v) is 4.89. The van der Waals surface area contributed by atoms with Crippen LogP contribution in [0.25, 0.3) is 0 Å². The second-order valence-electron chi connectivity index (χ2n) is 4.89. The number of rotatable bonds is 6. The van der Waals surface area contributed by atoms with Gasteiger partial charge in [-0.25, -0.2) is 9.48 Å². The zero-order chi connectivity index (χ0) is 15.2. The highest BCUT2D eigenvalue weighted by Crippen LogP contribution is 2.17. The third kappa shape index (κ3) is 3.62. The average Bonchev–Trinajstić information content (AvgIpc) is 2.77. The number of aryl methyl sites for hydroxylation is 2. The maximum absolute atomic E-state index is 11.8. The quantitative estimate of drug-likeness (QED) is 0.829. The Morgan fingerprint density at radius 1 is 1.33 bits per heavy atom. The van der Waals surface area contributed by atoms with Crippen LogP contribution in [0, 0.1) is 6.92 Å². The monoisotopic (exact) mass is 287 g/mol. The third-order valence-electron chi connectivity index (χ3n) is 3.39. The first-order valence-corrected chi connectivity index (χ1v) is 7.17. The summed E-state index contributed by atoms with van der Waals surface area (Å²) in [6.07, 6.45) is 1.87. The molecular weight excluding hydrogens is 266 g/mol. The Labute approximate surface area is 124 Å². The molecule has 0 spiro atoms. The predicted molar refractivity (Wildman–Crippen MR) is 82.1 cm³/mol. The number of anilines is 1. The van der Waals surface area contributed by atoms with Gasteiger partial charge in [-0.1, -0.05) is 30.3 Å². The van der Waals surface area contributed by atoms with Gasteiger partial charge in [0.15, 0.2) is 5.69 Å². The minimum atomic E-state index is -0.413. The molecule has 0 aliphatic carbocycles. The molecule has 0 saturated carbocycles. The molecule has 0 saturated heterocycles. The Hall–Kier alpha value is -2.30. The number of carbonyl (C=O) groups is 1. The summed E-state index contributed by atoms with van der Waals surface area (Å²) in [5.41, 5.74) is 8.29. The summed E-state index contributed by atoms with van der Waals surface area (Å²) in [4.78, 5) is 11.8. The minimum Gasteiger partial charge on any atom is -0.461 e. The zero-order valence-electron chi connectivity index (χ0n) is 12.5. The highest BCUT2D eigenvalue weighted by atomic mass is 16.5. The molecule has 1 heterocycles. The highest BCUT2D eigenvalue weighted by Gasteiger charge is 2.19. The fourth-order valence-corrected chi connectivity index (χ4v) is 2.21. The maximum Gasteiger partial charge on any atom is 0.359 e. The summed E-state index contributed by atoms with van der Waals surface area (Å²) in [6, 6.07) is 10.3. The number of hydrogen-bond donors (Lipinski definition) is 1. The molecule has 2 rings (SSSR count). The van der Waals surface area contributed by atoms with Crippen molar-refractivity contribution in [2.75, 3.05) is 12.3 Å². The van der Waals surface area contributed by atoms with Gasteiger partial charge in [-0.2, -0.15) is 5.10 Å². The van der Waals surface area contributed by atoms with Crippen molar-refractivity contribution in [3.63, 3.8) is 0 Å². The van der Waals surface area contributed by atoms with Crippen molar-refractivity contribution in [2.24, 2.45) is 0 Å². The molecule has 0 aliphatic heterocycles. The summed E-state index contributed by atoms with van der Waals surface area (Å²) in [5, 5.41) is 4.28. The van der Waals surface area contributed by atoms with Gasteiger partial charge in [-0.3, -0.25) is 0 Å². The number of esters is 1. The number of nitrogens with two attached hydrogens (primary N) is 1. The SMILES string of the molecule is CCOC(=O)c1nn(CCCc2ccccc2)c(N)c1C. The van der Waals surface area contributed by atoms with Gasteiger partial charge in [0.2, 0.25) is 0 Å². The molecule has 0 fully saturated rings. The molecule has 2 N–H and O–H groups in total. The lowest BCUT2D eigenvalue weighted by molar-refractivity contribution is 0.0517. The van der Waals surface area contributed by atoms with E-state index in [0.717, 1.165) is 12.8 Å². The summed E-state index contributed by atoms with van der Waals surface area (Å²) >= 11 is 0. The maximum atomic E-state index is 11.8. The Balaban J connectivity index is 2.00. The van der Waals surface area contributed by atoms with Crippen LogP contribution < -0.4 is 5.73 Å². The lowest BCUT2D eigenvalue weighted by Gasteiger charge is -2.04. The molecule has 5 nitrogen and oxygen atoms in total. The highest BCUT2D eigenvalue weighted by molar-refractivity contribution is 5.90. The van der Waals surface area contributed by atoms with Gasteiger partial charge in [0.25, 0.3) is 0 Å². The van der Waals surface area contributed by atoms with Crippen LogP contribution in [0.4, 0.5) is 5.82 Å². The smallest absolute Gasteiger partial charge is 0.359 e. The van der Waals surface area contributed by atoms with E-state index in [1.165, 1.54) is 5.56 Å². The van der Waals surface area contributed by atoms with Crippen LogP contribution in [0.3, 0.4) is 0 Å². The number of aromatic nitrogens is 2. The van der Waals surface area contributed by atoms with E-state index >= 15 is 0 Å². The number of benzene rings is 1. The molecule has 1 aromatic heterocycles. The van der Waals surface area contributed by atoms with Crippen molar-refractivity contribution in [1.29, 1.82) is 0 Å². The first-order valence-electron chi connectivity index (χ1n) is 7.17. The Bertz CT molecular complexity index is 605. The van der Waals surface area contributed by atoms with E-state index in [2.05, 4.69) is 17.2 Å². The molecule has 0 atom stereocenters. The molecule has 21 heavy (non-hydrogen) atoms. The summed E-state index contributed by atoms with van der Waals surface area (Å²) in [5.74, 6) is 0.120. The van der Waals surface area contributed by atoms with Gasteiger partial charge < -0.3 is 10.5 Å². The topological polar surface area (TPSA) is 70.1 Å². The van der Waals surface area contributed by atoms with Gasteiger partial charge in [0, 0.05) is 12.1 Å². The van der Waals surface area contributed by atoms with E-state index in [0.29, 0.717) is 30.2 Å². The summed E-state index contributed by atoms with van der Waals surface area (Å²) in [7, 11) is 0. The molecular formula is C16H21N3O2. The minimum absolute atomic E-state index is 0.314. The van der Waals surface area contributed by atoms with Gasteiger partial charge >= 0.3 is 5.97 Å². The predicted octanol–water partition coefficient (Wildman–Crippen LogP) is 2.58. The molecule has 0 amide bonds. The zero-order valence-corrected chi connectivity index (χ0v) is 12.5. The third-order valence-corrected chi connectivity index (χ3v) is 3.39. The van der Waals surface area contributed by atoms with Gasteiger partial charge in [0.05, 0.1) is 6.61 Å². The number of nitrogens with zero attached hydrogens (tertiary/aromatic N) is 2. The standard InChI is InChI=1S/C16H21N3O2/c1-3-21-16(20)14-12(2)15(17)19(18-14)11-7-10-13-8-5-4-6-9-13/h4-6,8-9H,3,7,10-11,17H2,1-2H3. The average molecular weight is 287 g/mol. The number of hydrogen-bond acceptors (Lipinski definition) is 4. The van der Waals surface area contributed by atoms with E-state index in [-0.39, 0.29) is 0 Å². The summed E-state index contributed by atoms with van der Waals surface area (Å²) in [6.45, 7) is 4.58. The van der Waals surface area contributed by atoms with Crippen LogP contribution in [0.15, 0.2) is 30.3 Å². The van der Waals surface area contributed by atoms with Crippen molar-refractivity contribution in [3.8, 4) is 0 Å². The van der Waals surface area contributed by atoms with E-state index in [1.807, 2.05) is 18.2 Å². The number of carbonyl (C=O) groups excluding carboxylic acids is 1.